The minimum absolute atomic E-state index is 0.0392. The van der Waals surface area contributed by atoms with E-state index >= 15 is 8.78 Å². The topological polar surface area (TPSA) is 78.7 Å². The first kappa shape index (κ1) is 31.3. The molecule has 0 spiro atoms. The summed E-state index contributed by atoms with van der Waals surface area (Å²) in [5.74, 6) is -3.61. The zero-order valence-electron chi connectivity index (χ0n) is 23.8. The molecule has 2 heterocycles. The molecule has 0 aromatic heterocycles. The smallest absolute Gasteiger partial charge is 0.238 e. The fourth-order valence-electron chi connectivity index (χ4n) is 6.63. The number of halogens is 5. The summed E-state index contributed by atoms with van der Waals surface area (Å²) >= 11 is 12.3. The van der Waals surface area contributed by atoms with Crippen LogP contribution in [0, 0.1) is 17.5 Å². The number of hydrogen-bond acceptors (Lipinski definition) is 4. The first-order valence-corrected chi connectivity index (χ1v) is 14.9. The fraction of sp³-hybridized carbons (Fsp3) is 0.375. The van der Waals surface area contributed by atoms with Gasteiger partial charge in [0.15, 0.2) is 0 Å². The largest absolute Gasteiger partial charge is 0.352 e. The maximum absolute atomic E-state index is 15.9. The van der Waals surface area contributed by atoms with Crippen molar-refractivity contribution < 1.29 is 22.8 Å². The lowest BCUT2D eigenvalue weighted by molar-refractivity contribution is -0.130. The molecule has 43 heavy (non-hydrogen) atoms. The van der Waals surface area contributed by atoms with Crippen molar-refractivity contribution in [3.8, 4) is 0 Å². The molecule has 2 aliphatic rings. The van der Waals surface area contributed by atoms with Crippen LogP contribution < -0.4 is 11.1 Å². The van der Waals surface area contributed by atoms with E-state index < -0.39 is 46.9 Å². The molecule has 3 N–H and O–H groups in total. The quantitative estimate of drug-likeness (QED) is 0.363. The van der Waals surface area contributed by atoms with Gasteiger partial charge in [-0.1, -0.05) is 59.6 Å². The van der Waals surface area contributed by atoms with E-state index in [2.05, 4.69) is 5.32 Å². The Hall–Kier alpha value is -3.11. The number of hydrogen-bond donors (Lipinski definition) is 2. The summed E-state index contributed by atoms with van der Waals surface area (Å²) in [5.41, 5.74) is 5.92. The second kappa shape index (κ2) is 12.5. The van der Waals surface area contributed by atoms with Gasteiger partial charge in [-0.15, -0.1) is 0 Å². The van der Waals surface area contributed by atoms with E-state index in [-0.39, 0.29) is 39.7 Å². The lowest BCUT2D eigenvalue weighted by Gasteiger charge is -2.37. The molecule has 2 saturated heterocycles. The van der Waals surface area contributed by atoms with Crippen molar-refractivity contribution in [3.05, 3.63) is 105 Å². The summed E-state index contributed by atoms with van der Waals surface area (Å²) < 4.78 is 46.6. The van der Waals surface area contributed by atoms with Gasteiger partial charge in [0, 0.05) is 60.7 Å². The summed E-state index contributed by atoms with van der Waals surface area (Å²) in [6, 6.07) is 12.4. The van der Waals surface area contributed by atoms with Gasteiger partial charge in [0.05, 0.1) is 16.6 Å². The molecule has 11 heteroatoms. The summed E-state index contributed by atoms with van der Waals surface area (Å²) in [6.07, 6.45) is 1.05. The Kier molecular flexibility index (Phi) is 9.09. The third-order valence-corrected chi connectivity index (χ3v) is 9.48. The molecule has 2 amide bonds. The Morgan fingerprint density at radius 3 is 2.35 bits per heavy atom. The van der Waals surface area contributed by atoms with E-state index in [1.165, 1.54) is 37.3 Å². The van der Waals surface area contributed by atoms with Crippen LogP contribution in [0.15, 0.2) is 60.7 Å². The van der Waals surface area contributed by atoms with E-state index in [9.17, 15) is 14.0 Å². The van der Waals surface area contributed by atoms with Crippen LogP contribution in [0.5, 0.6) is 0 Å². The van der Waals surface area contributed by atoms with Crippen molar-refractivity contribution in [1.29, 1.82) is 0 Å². The van der Waals surface area contributed by atoms with E-state index in [1.54, 1.807) is 41.0 Å². The number of benzene rings is 3. The molecule has 0 unspecified atom stereocenters. The van der Waals surface area contributed by atoms with E-state index in [4.69, 9.17) is 28.9 Å². The monoisotopic (exact) mass is 632 g/mol. The summed E-state index contributed by atoms with van der Waals surface area (Å²) in [6.45, 7) is 4.12. The summed E-state index contributed by atoms with van der Waals surface area (Å²) in [5, 5.41) is 3.05. The lowest BCUT2D eigenvalue weighted by Crippen LogP contribution is -2.52. The molecule has 0 radical (unpaired) electrons. The third-order valence-electron chi connectivity index (χ3n) is 8.96. The predicted octanol–water partition coefficient (Wildman–Crippen LogP) is 5.75. The van der Waals surface area contributed by atoms with Crippen LogP contribution >= 0.6 is 23.2 Å². The van der Waals surface area contributed by atoms with Gasteiger partial charge in [-0.3, -0.25) is 14.5 Å². The molecular formula is C32H33Cl2F3N4O2. The average molecular weight is 634 g/mol. The number of likely N-dealkylation sites (tertiary alicyclic amines) is 2. The highest BCUT2D eigenvalue weighted by Gasteiger charge is 2.60. The van der Waals surface area contributed by atoms with E-state index in [1.807, 2.05) is 0 Å². The predicted molar refractivity (Wildman–Crippen MR) is 160 cm³/mol. The second-order valence-corrected chi connectivity index (χ2v) is 12.2. The molecule has 3 aromatic carbocycles. The fourth-order valence-corrected chi connectivity index (χ4v) is 6.98. The molecule has 2 aliphatic heterocycles. The maximum Gasteiger partial charge on any atom is 0.238 e. The van der Waals surface area contributed by atoms with E-state index in [0.717, 1.165) is 6.07 Å². The number of nitrogens with one attached hydrogen (secondary N) is 1. The van der Waals surface area contributed by atoms with Crippen LogP contribution in [-0.2, 0) is 21.7 Å². The number of carbonyl (C=O) groups is 2. The van der Waals surface area contributed by atoms with Crippen LogP contribution in [0.4, 0.5) is 13.2 Å². The van der Waals surface area contributed by atoms with Crippen molar-refractivity contribution in [2.24, 2.45) is 5.73 Å². The van der Waals surface area contributed by atoms with Gasteiger partial charge in [0.1, 0.15) is 17.5 Å². The zero-order valence-corrected chi connectivity index (χ0v) is 25.3. The van der Waals surface area contributed by atoms with Gasteiger partial charge in [-0.25, -0.2) is 13.2 Å². The highest BCUT2D eigenvalue weighted by atomic mass is 35.5. The van der Waals surface area contributed by atoms with Gasteiger partial charge in [0.25, 0.3) is 0 Å². The number of nitrogens with zero attached hydrogens (tertiary/aromatic N) is 2. The Morgan fingerprint density at radius 1 is 1.00 bits per heavy atom. The Morgan fingerprint density at radius 2 is 1.70 bits per heavy atom. The number of rotatable bonds is 6. The lowest BCUT2D eigenvalue weighted by atomic mass is 9.71. The first-order valence-electron chi connectivity index (χ1n) is 14.2. The molecule has 4 atom stereocenters. The molecule has 0 aliphatic carbocycles. The van der Waals surface area contributed by atoms with Crippen LogP contribution in [0.3, 0.4) is 0 Å². The summed E-state index contributed by atoms with van der Waals surface area (Å²) in [7, 11) is 0. The number of nitrogens with two attached hydrogens (primary N) is 1. The highest BCUT2D eigenvalue weighted by Crippen LogP contribution is 2.52. The minimum Gasteiger partial charge on any atom is -0.352 e. The average Bonchev–Trinajstić information content (AvgIpc) is 3.18. The Labute approximate surface area is 258 Å². The van der Waals surface area contributed by atoms with Gasteiger partial charge in [0.2, 0.25) is 11.8 Å². The number of piperidine rings is 1. The first-order chi connectivity index (χ1) is 20.4. The standard InChI is InChI=1S/C32H33Cl2F3N4O2/c1-18-32(38,24-11-10-21(33)16-27(24)36)28(23-7-5-8-25(34)29(23)37)30(41(18)17-20-6-3-4-9-26(20)35)31(43)39-22-12-14-40(15-13-22)19(2)42/h3-11,16,18,22,28,30H,12-15,17,38H2,1-2H3,(H,39,43)/t18-,28-,30+,32-/m0/s1. The maximum atomic E-state index is 15.9. The normalized spacial score (nSPS) is 24.7. The molecule has 2 fully saturated rings. The van der Waals surface area contributed by atoms with E-state index in [0.29, 0.717) is 31.5 Å². The van der Waals surface area contributed by atoms with Crippen molar-refractivity contribution in [2.45, 2.75) is 62.8 Å². The van der Waals surface area contributed by atoms with Gasteiger partial charge >= 0.3 is 0 Å². The van der Waals surface area contributed by atoms with Crippen LogP contribution in [0.1, 0.15) is 49.3 Å². The van der Waals surface area contributed by atoms with Crippen molar-refractivity contribution in [2.75, 3.05) is 13.1 Å². The number of carbonyl (C=O) groups excluding carboxylic acids is 2. The molecule has 228 valence electrons. The molecular weight excluding hydrogens is 600 g/mol. The van der Waals surface area contributed by atoms with Crippen molar-refractivity contribution in [1.82, 2.24) is 15.1 Å². The van der Waals surface area contributed by atoms with Gasteiger partial charge in [-0.2, -0.15) is 0 Å². The summed E-state index contributed by atoms with van der Waals surface area (Å²) in [4.78, 5) is 29.6. The molecule has 3 aromatic rings. The molecule has 5 rings (SSSR count). The van der Waals surface area contributed by atoms with Crippen LogP contribution in [-0.4, -0.2) is 52.8 Å². The minimum atomic E-state index is -1.68. The Balaban J connectivity index is 1.65. The van der Waals surface area contributed by atoms with Crippen molar-refractivity contribution >= 4 is 35.0 Å². The van der Waals surface area contributed by atoms with Gasteiger partial charge < -0.3 is 16.0 Å². The van der Waals surface area contributed by atoms with Gasteiger partial charge in [-0.05, 0) is 49.6 Å². The van der Waals surface area contributed by atoms with Crippen molar-refractivity contribution in [3.63, 3.8) is 0 Å². The third kappa shape index (κ3) is 5.88. The van der Waals surface area contributed by atoms with Crippen LogP contribution in [0.2, 0.25) is 10.0 Å². The zero-order chi connectivity index (χ0) is 31.1. The molecule has 6 nitrogen and oxygen atoms in total. The molecule has 0 saturated carbocycles. The highest BCUT2D eigenvalue weighted by molar-refractivity contribution is 6.31. The van der Waals surface area contributed by atoms with Crippen LogP contribution in [0.25, 0.3) is 0 Å². The SMILES string of the molecule is CC(=O)N1CCC(NC(=O)[C@H]2[C@H](c3cccc(Cl)c3F)[C@@](N)(c3ccc(Cl)cc3F)[C@H](C)N2Cc2ccccc2F)CC1. The Bertz CT molecular complexity index is 1530. The second-order valence-electron chi connectivity index (χ2n) is 11.4. The number of amides is 2. The molecule has 0 bridgehead atoms.